The van der Waals surface area contributed by atoms with Gasteiger partial charge in [-0.25, -0.2) is 4.98 Å². The maximum atomic E-state index is 11.2. The summed E-state index contributed by atoms with van der Waals surface area (Å²) in [6, 6.07) is 3.14. The lowest BCUT2D eigenvalue weighted by Gasteiger charge is -2.06. The molecule has 0 aliphatic carbocycles. The molecule has 0 bridgehead atoms. The highest BCUT2D eigenvalue weighted by Gasteiger charge is 2.07. The Hall–Kier alpha value is -1.07. The van der Waals surface area contributed by atoms with E-state index in [2.05, 4.69) is 10.3 Å². The number of anilines is 1. The molecule has 3 N–H and O–H groups in total. The van der Waals surface area contributed by atoms with Crippen LogP contribution in [0.3, 0.4) is 0 Å². The van der Waals surface area contributed by atoms with Gasteiger partial charge < -0.3 is 11.1 Å². The predicted molar refractivity (Wildman–Crippen MR) is 58.3 cm³/mol. The largest absolute Gasteiger partial charge is 0.320 e. The number of amides is 1. The van der Waals surface area contributed by atoms with Crippen molar-refractivity contribution in [1.29, 1.82) is 0 Å². The fraction of sp³-hybridized carbons (Fsp3) is 0.333. The minimum atomic E-state index is -0.517. The zero-order chi connectivity index (χ0) is 10.6. The number of nitrogens with one attached hydrogen (secondary N) is 1. The molecule has 0 unspecified atom stereocenters. The molecule has 5 heteroatoms. The Morgan fingerprint density at radius 1 is 1.64 bits per heavy atom. The topological polar surface area (TPSA) is 68.0 Å². The third-order valence-electron chi connectivity index (χ3n) is 1.64. The minimum absolute atomic E-state index is 0.227. The molecule has 76 valence electrons. The molecule has 0 radical (unpaired) electrons. The average Bonchev–Trinajstić information content (AvgIpc) is 2.19. The quantitative estimate of drug-likeness (QED) is 0.734. The Labute approximate surface area is 87.3 Å². The smallest absolute Gasteiger partial charge is 0.242 e. The van der Waals surface area contributed by atoms with Crippen LogP contribution in [0.5, 0.6) is 0 Å². The third kappa shape index (κ3) is 3.01. The molecule has 4 nitrogen and oxygen atoms in total. The Morgan fingerprint density at radius 2 is 2.36 bits per heavy atom. The van der Waals surface area contributed by atoms with E-state index in [0.29, 0.717) is 5.82 Å². The molecule has 0 spiro atoms. The first-order valence-electron chi connectivity index (χ1n) is 4.20. The second-order valence-electron chi connectivity index (χ2n) is 2.86. The van der Waals surface area contributed by atoms with E-state index in [1.165, 1.54) is 0 Å². The molecule has 0 aliphatic rings. The third-order valence-corrected chi connectivity index (χ3v) is 2.35. The van der Waals surface area contributed by atoms with E-state index in [9.17, 15) is 4.79 Å². The van der Waals surface area contributed by atoms with Crippen molar-refractivity contribution < 1.29 is 4.79 Å². The van der Waals surface area contributed by atoms with E-state index < -0.39 is 6.04 Å². The number of rotatable bonds is 3. The monoisotopic (exact) mass is 211 g/mol. The SMILES string of the molecule is CSc1ccc(NC(=O)[C@H](C)N)nc1. The van der Waals surface area contributed by atoms with Crippen LogP contribution in [0.15, 0.2) is 23.2 Å². The van der Waals surface area contributed by atoms with Crippen molar-refractivity contribution in [1.82, 2.24) is 4.98 Å². The highest BCUT2D eigenvalue weighted by molar-refractivity contribution is 7.98. The zero-order valence-electron chi connectivity index (χ0n) is 8.15. The zero-order valence-corrected chi connectivity index (χ0v) is 8.97. The molecule has 1 aromatic heterocycles. The Balaban J connectivity index is 2.64. The van der Waals surface area contributed by atoms with Crippen LogP contribution in [-0.2, 0) is 4.79 Å². The number of thioether (sulfide) groups is 1. The van der Waals surface area contributed by atoms with Crippen LogP contribution in [0.2, 0.25) is 0 Å². The molecule has 0 saturated heterocycles. The van der Waals surface area contributed by atoms with Crippen LogP contribution in [0, 0.1) is 0 Å². The second-order valence-corrected chi connectivity index (χ2v) is 3.74. The van der Waals surface area contributed by atoms with Crippen molar-refractivity contribution in [2.75, 3.05) is 11.6 Å². The van der Waals surface area contributed by atoms with Crippen LogP contribution in [0.25, 0.3) is 0 Å². The van der Waals surface area contributed by atoms with E-state index in [-0.39, 0.29) is 5.91 Å². The number of hydrogen-bond donors (Lipinski definition) is 2. The maximum Gasteiger partial charge on any atom is 0.242 e. The summed E-state index contributed by atoms with van der Waals surface area (Å²) < 4.78 is 0. The van der Waals surface area contributed by atoms with Gasteiger partial charge in [-0.3, -0.25) is 4.79 Å². The summed E-state index contributed by atoms with van der Waals surface area (Å²) in [4.78, 5) is 16.3. The van der Waals surface area contributed by atoms with Gasteiger partial charge in [0.15, 0.2) is 0 Å². The van der Waals surface area contributed by atoms with Crippen molar-refractivity contribution in [2.24, 2.45) is 5.73 Å². The first kappa shape index (κ1) is 11.0. The summed E-state index contributed by atoms with van der Waals surface area (Å²) in [7, 11) is 0. The highest BCUT2D eigenvalue weighted by Crippen LogP contribution is 2.14. The van der Waals surface area contributed by atoms with Gasteiger partial charge in [0.2, 0.25) is 5.91 Å². The summed E-state index contributed by atoms with van der Waals surface area (Å²) in [5.41, 5.74) is 5.40. The van der Waals surface area contributed by atoms with Crippen LogP contribution >= 0.6 is 11.8 Å². The van der Waals surface area contributed by atoms with E-state index in [4.69, 9.17) is 5.73 Å². The maximum absolute atomic E-state index is 11.2. The molecule has 0 aromatic carbocycles. The second kappa shape index (κ2) is 4.97. The molecule has 1 rings (SSSR count). The molecule has 0 fully saturated rings. The van der Waals surface area contributed by atoms with Crippen molar-refractivity contribution in [3.05, 3.63) is 18.3 Å². The summed E-state index contributed by atoms with van der Waals surface area (Å²) >= 11 is 1.60. The first-order valence-corrected chi connectivity index (χ1v) is 5.42. The van der Waals surface area contributed by atoms with E-state index >= 15 is 0 Å². The Kier molecular flexibility index (Phi) is 3.91. The fourth-order valence-corrected chi connectivity index (χ4v) is 1.18. The van der Waals surface area contributed by atoms with E-state index in [1.54, 1.807) is 30.9 Å². The first-order chi connectivity index (χ1) is 6.63. The van der Waals surface area contributed by atoms with Gasteiger partial charge in [-0.2, -0.15) is 0 Å². The number of aromatic nitrogens is 1. The molecule has 1 amide bonds. The number of nitrogens with zero attached hydrogens (tertiary/aromatic N) is 1. The van der Waals surface area contributed by atoms with Crippen LogP contribution in [0.4, 0.5) is 5.82 Å². The molecular formula is C9H13N3OS. The van der Waals surface area contributed by atoms with E-state index in [0.717, 1.165) is 4.90 Å². The molecule has 1 heterocycles. The van der Waals surface area contributed by atoms with E-state index in [1.807, 2.05) is 12.3 Å². The van der Waals surface area contributed by atoms with Gasteiger partial charge in [-0.1, -0.05) is 0 Å². The minimum Gasteiger partial charge on any atom is -0.320 e. The van der Waals surface area contributed by atoms with Crippen LogP contribution in [-0.4, -0.2) is 23.2 Å². The van der Waals surface area contributed by atoms with Gasteiger partial charge in [-0.15, -0.1) is 11.8 Å². The molecular weight excluding hydrogens is 198 g/mol. The lowest BCUT2D eigenvalue weighted by atomic mass is 10.3. The van der Waals surface area contributed by atoms with Crippen molar-refractivity contribution in [3.8, 4) is 0 Å². The van der Waals surface area contributed by atoms with Crippen LogP contribution < -0.4 is 11.1 Å². The van der Waals surface area contributed by atoms with Crippen molar-refractivity contribution >= 4 is 23.5 Å². The molecule has 0 aliphatic heterocycles. The normalized spacial score (nSPS) is 12.2. The highest BCUT2D eigenvalue weighted by atomic mass is 32.2. The van der Waals surface area contributed by atoms with Gasteiger partial charge in [0, 0.05) is 11.1 Å². The molecule has 1 aromatic rings. The van der Waals surface area contributed by atoms with Gasteiger partial charge in [-0.05, 0) is 25.3 Å². The molecule has 0 saturated carbocycles. The number of hydrogen-bond acceptors (Lipinski definition) is 4. The van der Waals surface area contributed by atoms with Crippen LogP contribution in [0.1, 0.15) is 6.92 Å². The molecule has 14 heavy (non-hydrogen) atoms. The fourth-order valence-electron chi connectivity index (χ4n) is 0.815. The van der Waals surface area contributed by atoms with Crippen molar-refractivity contribution in [3.63, 3.8) is 0 Å². The average molecular weight is 211 g/mol. The lowest BCUT2D eigenvalue weighted by Crippen LogP contribution is -2.32. The standard InChI is InChI=1S/C9H13N3OS/c1-6(10)9(13)12-8-4-3-7(14-2)5-11-8/h3-6H,10H2,1-2H3,(H,11,12,13)/t6-/m0/s1. The summed E-state index contributed by atoms with van der Waals surface area (Å²) in [6.07, 6.45) is 3.68. The Morgan fingerprint density at radius 3 is 2.79 bits per heavy atom. The summed E-state index contributed by atoms with van der Waals surface area (Å²) in [5, 5.41) is 2.61. The molecule has 1 atom stereocenters. The number of pyridine rings is 1. The summed E-state index contributed by atoms with van der Waals surface area (Å²) in [6.45, 7) is 1.63. The number of carbonyl (C=O) groups is 1. The lowest BCUT2D eigenvalue weighted by molar-refractivity contribution is -0.117. The van der Waals surface area contributed by atoms with Crippen molar-refractivity contribution in [2.45, 2.75) is 17.9 Å². The van der Waals surface area contributed by atoms with Gasteiger partial charge in [0.05, 0.1) is 6.04 Å². The number of nitrogens with two attached hydrogens (primary N) is 1. The Bertz CT molecular complexity index is 310. The van der Waals surface area contributed by atoms with Gasteiger partial charge in [0.25, 0.3) is 0 Å². The van der Waals surface area contributed by atoms with Gasteiger partial charge in [0.1, 0.15) is 5.82 Å². The van der Waals surface area contributed by atoms with Gasteiger partial charge >= 0.3 is 0 Å². The summed E-state index contributed by atoms with van der Waals surface area (Å²) in [5.74, 6) is 0.305. The number of carbonyl (C=O) groups excluding carboxylic acids is 1. The predicted octanol–water partition coefficient (Wildman–Crippen LogP) is 1.09.